The molecule has 1 saturated heterocycles. The number of aromatic nitrogens is 2. The maximum atomic E-state index is 12.5. The van der Waals surface area contributed by atoms with Crippen LogP contribution < -0.4 is 5.73 Å². The summed E-state index contributed by atoms with van der Waals surface area (Å²) in [5, 5.41) is 4.30. The molecule has 2 heterocycles. The molecular formula is C12H20N4OS. The number of carbonyl (C=O) groups is 1. The minimum absolute atomic E-state index is 0.0188. The Morgan fingerprint density at radius 2 is 2.39 bits per heavy atom. The van der Waals surface area contributed by atoms with Crippen LogP contribution in [0.1, 0.15) is 29.5 Å². The monoisotopic (exact) mass is 268 g/mol. The van der Waals surface area contributed by atoms with Crippen molar-refractivity contribution in [1.82, 2.24) is 14.7 Å². The molecule has 2 rings (SSSR count). The zero-order valence-corrected chi connectivity index (χ0v) is 12.0. The summed E-state index contributed by atoms with van der Waals surface area (Å²) in [5.41, 5.74) is 7.87. The van der Waals surface area contributed by atoms with Crippen molar-refractivity contribution in [1.29, 1.82) is 0 Å². The quantitative estimate of drug-likeness (QED) is 0.893. The highest BCUT2D eigenvalue weighted by atomic mass is 32.2. The van der Waals surface area contributed by atoms with Gasteiger partial charge in [0.05, 0.1) is 11.4 Å². The summed E-state index contributed by atoms with van der Waals surface area (Å²) in [6.07, 6.45) is 1.81. The topological polar surface area (TPSA) is 64.2 Å². The van der Waals surface area contributed by atoms with Gasteiger partial charge in [-0.3, -0.25) is 9.48 Å². The van der Waals surface area contributed by atoms with E-state index in [1.54, 1.807) is 11.7 Å². The second-order valence-electron chi connectivity index (χ2n) is 4.62. The van der Waals surface area contributed by atoms with Crippen LogP contribution in [0.3, 0.4) is 0 Å². The average molecular weight is 268 g/mol. The van der Waals surface area contributed by atoms with Crippen molar-refractivity contribution in [3.8, 4) is 0 Å². The summed E-state index contributed by atoms with van der Waals surface area (Å²) in [4.78, 5) is 14.3. The summed E-state index contributed by atoms with van der Waals surface area (Å²) >= 11 is 1.89. The molecular weight excluding hydrogens is 248 g/mol. The number of rotatable bonds is 3. The van der Waals surface area contributed by atoms with E-state index in [1.807, 2.05) is 30.6 Å². The molecule has 1 unspecified atom stereocenters. The largest absolute Gasteiger partial charge is 0.395 e. The van der Waals surface area contributed by atoms with E-state index in [-0.39, 0.29) is 5.91 Å². The third kappa shape index (κ3) is 2.21. The second-order valence-corrected chi connectivity index (χ2v) is 5.77. The maximum Gasteiger partial charge on any atom is 0.274 e. The van der Waals surface area contributed by atoms with Crippen LogP contribution in [0.15, 0.2) is 0 Å². The molecule has 0 bridgehead atoms. The summed E-state index contributed by atoms with van der Waals surface area (Å²) in [6.45, 7) is 1.99. The molecule has 100 valence electrons. The molecule has 18 heavy (non-hydrogen) atoms. The first-order valence-electron chi connectivity index (χ1n) is 6.22. The minimum atomic E-state index is -0.0188. The van der Waals surface area contributed by atoms with Gasteiger partial charge in [-0.25, -0.2) is 0 Å². The number of hydrogen-bond donors (Lipinski definition) is 1. The number of thioether (sulfide) groups is 1. The molecule has 2 N–H and O–H groups in total. The highest BCUT2D eigenvalue weighted by Crippen LogP contribution is 2.25. The molecule has 1 atom stereocenters. The van der Waals surface area contributed by atoms with Gasteiger partial charge >= 0.3 is 0 Å². The van der Waals surface area contributed by atoms with Crippen molar-refractivity contribution < 1.29 is 4.79 Å². The highest BCUT2D eigenvalue weighted by Gasteiger charge is 2.28. The number of carbonyl (C=O) groups excluding carboxylic acids is 1. The Morgan fingerprint density at radius 3 is 2.89 bits per heavy atom. The van der Waals surface area contributed by atoms with E-state index in [0.29, 0.717) is 17.4 Å². The summed E-state index contributed by atoms with van der Waals surface area (Å²) in [6, 6.07) is 0.321. The molecule has 0 aliphatic carbocycles. The first-order valence-corrected chi connectivity index (χ1v) is 7.38. The maximum absolute atomic E-state index is 12.5. The molecule has 0 spiro atoms. The van der Waals surface area contributed by atoms with Crippen molar-refractivity contribution in [2.75, 3.05) is 24.3 Å². The van der Waals surface area contributed by atoms with Gasteiger partial charge < -0.3 is 10.6 Å². The fourth-order valence-corrected chi connectivity index (χ4v) is 3.54. The molecule has 1 amide bonds. The summed E-state index contributed by atoms with van der Waals surface area (Å²) < 4.78 is 1.61. The first kappa shape index (κ1) is 13.3. The molecule has 0 saturated carbocycles. The van der Waals surface area contributed by atoms with E-state index in [9.17, 15) is 4.79 Å². The zero-order valence-electron chi connectivity index (χ0n) is 11.1. The number of anilines is 1. The highest BCUT2D eigenvalue weighted by molar-refractivity contribution is 7.99. The molecule has 0 radical (unpaired) electrons. The van der Waals surface area contributed by atoms with Crippen LogP contribution in [0.5, 0.6) is 0 Å². The Kier molecular flexibility index (Phi) is 3.85. The van der Waals surface area contributed by atoms with E-state index in [0.717, 1.165) is 30.0 Å². The van der Waals surface area contributed by atoms with Crippen LogP contribution in [-0.4, -0.2) is 45.2 Å². The first-order chi connectivity index (χ1) is 8.56. The Bertz CT molecular complexity index is 451. The van der Waals surface area contributed by atoms with Gasteiger partial charge in [-0.1, -0.05) is 6.92 Å². The smallest absolute Gasteiger partial charge is 0.274 e. The Hall–Kier alpha value is -1.17. The SMILES string of the molecule is CCc1nn(C)c(C(=O)N(C)C2CCSC2)c1N. The standard InChI is InChI=1S/C12H20N4OS/c1-4-9-10(13)11(16(3)14-9)12(17)15(2)8-5-6-18-7-8/h8H,4-7,13H2,1-3H3. The molecule has 1 aliphatic heterocycles. The van der Waals surface area contributed by atoms with Crippen molar-refractivity contribution in [2.24, 2.45) is 7.05 Å². The van der Waals surface area contributed by atoms with Crippen LogP contribution in [0.4, 0.5) is 5.69 Å². The van der Waals surface area contributed by atoms with Crippen molar-refractivity contribution in [3.05, 3.63) is 11.4 Å². The Labute approximate surface area is 112 Å². The van der Waals surface area contributed by atoms with Crippen LogP contribution in [0, 0.1) is 0 Å². The number of nitrogen functional groups attached to an aromatic ring is 1. The zero-order chi connectivity index (χ0) is 13.3. The second kappa shape index (κ2) is 5.22. The number of nitrogens with zero attached hydrogens (tertiary/aromatic N) is 3. The molecule has 1 aromatic heterocycles. The third-order valence-corrected chi connectivity index (χ3v) is 4.62. The van der Waals surface area contributed by atoms with Gasteiger partial charge in [0.25, 0.3) is 5.91 Å². The Morgan fingerprint density at radius 1 is 1.67 bits per heavy atom. The van der Waals surface area contributed by atoms with Crippen molar-refractivity contribution >= 4 is 23.4 Å². The molecule has 1 aromatic rings. The van der Waals surface area contributed by atoms with Gasteiger partial charge in [-0.2, -0.15) is 16.9 Å². The molecule has 0 aromatic carbocycles. The predicted octanol–water partition coefficient (Wildman–Crippen LogP) is 1.14. The van der Waals surface area contributed by atoms with Crippen LogP contribution in [0.2, 0.25) is 0 Å². The van der Waals surface area contributed by atoms with Gasteiger partial charge in [0, 0.05) is 25.9 Å². The van der Waals surface area contributed by atoms with Crippen molar-refractivity contribution in [2.45, 2.75) is 25.8 Å². The Balaban J connectivity index is 2.25. The van der Waals surface area contributed by atoms with Gasteiger partial charge in [-0.15, -0.1) is 0 Å². The van der Waals surface area contributed by atoms with E-state index < -0.39 is 0 Å². The normalized spacial score (nSPS) is 19.2. The number of nitrogens with two attached hydrogens (primary N) is 1. The molecule has 5 nitrogen and oxygen atoms in total. The lowest BCUT2D eigenvalue weighted by Gasteiger charge is -2.23. The minimum Gasteiger partial charge on any atom is -0.395 e. The van der Waals surface area contributed by atoms with Gasteiger partial charge in [0.2, 0.25) is 0 Å². The summed E-state index contributed by atoms with van der Waals surface area (Å²) in [7, 11) is 3.64. The molecule has 6 heteroatoms. The van der Waals surface area contributed by atoms with Gasteiger partial charge in [0.15, 0.2) is 0 Å². The fourth-order valence-electron chi connectivity index (χ4n) is 2.27. The average Bonchev–Trinajstić information content (AvgIpc) is 2.96. The van der Waals surface area contributed by atoms with E-state index in [4.69, 9.17) is 5.73 Å². The third-order valence-electron chi connectivity index (χ3n) is 3.47. The van der Waals surface area contributed by atoms with Crippen LogP contribution in [-0.2, 0) is 13.5 Å². The van der Waals surface area contributed by atoms with E-state index in [1.165, 1.54) is 0 Å². The van der Waals surface area contributed by atoms with Crippen LogP contribution in [0.25, 0.3) is 0 Å². The molecule has 1 aliphatic rings. The predicted molar refractivity (Wildman–Crippen MR) is 74.8 cm³/mol. The number of amides is 1. The number of hydrogen-bond acceptors (Lipinski definition) is 4. The fraction of sp³-hybridized carbons (Fsp3) is 0.667. The van der Waals surface area contributed by atoms with E-state index in [2.05, 4.69) is 5.10 Å². The van der Waals surface area contributed by atoms with Crippen LogP contribution >= 0.6 is 11.8 Å². The van der Waals surface area contributed by atoms with Gasteiger partial charge in [0.1, 0.15) is 5.69 Å². The lowest BCUT2D eigenvalue weighted by atomic mass is 10.2. The van der Waals surface area contributed by atoms with Gasteiger partial charge in [-0.05, 0) is 18.6 Å². The van der Waals surface area contributed by atoms with Crippen molar-refractivity contribution in [3.63, 3.8) is 0 Å². The lowest BCUT2D eigenvalue weighted by molar-refractivity contribution is 0.0738. The van der Waals surface area contributed by atoms with E-state index >= 15 is 0 Å². The summed E-state index contributed by atoms with van der Waals surface area (Å²) in [5.74, 6) is 2.12. The number of aryl methyl sites for hydroxylation is 2. The molecule has 1 fully saturated rings. The lowest BCUT2D eigenvalue weighted by Crippen LogP contribution is -2.38.